The summed E-state index contributed by atoms with van der Waals surface area (Å²) in [6.45, 7) is 1.77. The minimum atomic E-state index is -0.174. The highest BCUT2D eigenvalue weighted by Crippen LogP contribution is 2.27. The Labute approximate surface area is 194 Å². The van der Waals surface area contributed by atoms with Gasteiger partial charge in [-0.1, -0.05) is 46.6 Å². The Morgan fingerprint density at radius 3 is 2.69 bits per heavy atom. The lowest BCUT2D eigenvalue weighted by atomic mass is 10.2. The summed E-state index contributed by atoms with van der Waals surface area (Å²) in [5.41, 5.74) is 3.58. The number of benzene rings is 2. The van der Waals surface area contributed by atoms with E-state index in [0.29, 0.717) is 44.9 Å². The van der Waals surface area contributed by atoms with Crippen LogP contribution in [0.2, 0.25) is 10.0 Å². The predicted octanol–water partition coefficient (Wildman–Crippen LogP) is 5.92. The molecule has 0 radical (unpaired) electrons. The third kappa shape index (κ3) is 4.95. The van der Waals surface area contributed by atoms with Gasteiger partial charge in [-0.25, -0.2) is 4.98 Å². The number of fused-ring (bicyclic) bond motifs is 1. The molecule has 0 aliphatic rings. The largest absolute Gasteiger partial charge is 0.497 e. The Hall–Kier alpha value is -3.29. The van der Waals surface area contributed by atoms with Gasteiger partial charge in [-0.05, 0) is 42.8 Å². The van der Waals surface area contributed by atoms with Crippen molar-refractivity contribution < 1.29 is 14.1 Å². The van der Waals surface area contributed by atoms with Crippen LogP contribution in [-0.4, -0.2) is 28.1 Å². The molecule has 0 saturated heterocycles. The Morgan fingerprint density at radius 1 is 1.19 bits per heavy atom. The van der Waals surface area contributed by atoms with E-state index in [0.717, 1.165) is 16.8 Å². The normalized spacial score (nSPS) is 11.4. The topological polar surface area (TPSA) is 93.0 Å². The molecule has 0 bridgehead atoms. The van der Waals surface area contributed by atoms with E-state index in [1.54, 1.807) is 32.2 Å². The Bertz CT molecular complexity index is 1250. The van der Waals surface area contributed by atoms with E-state index in [2.05, 4.69) is 20.4 Å². The summed E-state index contributed by atoms with van der Waals surface area (Å²) in [6.07, 6.45) is 4.30. The molecule has 2 aromatic carbocycles. The highest BCUT2D eigenvalue weighted by atomic mass is 35.5. The van der Waals surface area contributed by atoms with Gasteiger partial charge in [0.05, 0.1) is 28.2 Å². The summed E-state index contributed by atoms with van der Waals surface area (Å²) in [5.74, 6) is 1.75. The fraction of sp³-hybridized carbons (Fsp3) is 0.174. The van der Waals surface area contributed by atoms with Gasteiger partial charge in [-0.3, -0.25) is 4.79 Å². The molecule has 2 N–H and O–H groups in total. The number of aromatic nitrogens is 3. The zero-order valence-electron chi connectivity index (χ0n) is 17.4. The van der Waals surface area contributed by atoms with Crippen molar-refractivity contribution in [3.63, 3.8) is 0 Å². The third-order valence-electron chi connectivity index (χ3n) is 4.86. The molecule has 0 spiro atoms. The molecule has 0 atom stereocenters. The highest BCUT2D eigenvalue weighted by Gasteiger charge is 2.15. The lowest BCUT2D eigenvalue weighted by molar-refractivity contribution is -0.116. The smallest absolute Gasteiger partial charge is 0.224 e. The Balaban J connectivity index is 1.41. The predicted molar refractivity (Wildman–Crippen MR) is 126 cm³/mol. The number of halogens is 2. The molecule has 9 heteroatoms. The number of aromatic amines is 1. The van der Waals surface area contributed by atoms with E-state index in [1.165, 1.54) is 0 Å². The molecular weight excluding hydrogens is 451 g/mol. The van der Waals surface area contributed by atoms with Crippen LogP contribution in [0.25, 0.3) is 23.2 Å². The fourth-order valence-electron chi connectivity index (χ4n) is 3.15. The number of anilines is 1. The van der Waals surface area contributed by atoms with Crippen LogP contribution in [0.4, 0.5) is 5.69 Å². The van der Waals surface area contributed by atoms with Crippen LogP contribution in [0.1, 0.15) is 29.3 Å². The molecule has 0 saturated carbocycles. The van der Waals surface area contributed by atoms with Crippen LogP contribution in [0.3, 0.4) is 0 Å². The molecular formula is C23H20Cl2N4O3. The molecule has 2 heterocycles. The van der Waals surface area contributed by atoms with Gasteiger partial charge in [-0.15, -0.1) is 0 Å². The van der Waals surface area contributed by atoms with Crippen molar-refractivity contribution in [1.29, 1.82) is 0 Å². The van der Waals surface area contributed by atoms with Crippen molar-refractivity contribution in [2.24, 2.45) is 0 Å². The number of amides is 1. The van der Waals surface area contributed by atoms with Gasteiger partial charge in [-0.2, -0.15) is 0 Å². The summed E-state index contributed by atoms with van der Waals surface area (Å²) < 4.78 is 10.5. The molecule has 4 rings (SSSR count). The number of imidazole rings is 1. The van der Waals surface area contributed by atoms with Gasteiger partial charge >= 0.3 is 0 Å². The standard InChI is InChI=1S/C23H20Cl2N4O3/c1-13-23(20(32-29-13)8-5-14-3-6-15(31-2)7-4-14)28-22(30)10-9-21-26-18-11-16(24)17(25)12-19(18)27-21/h3-8,11-12H,9-10H2,1-2H3,(H,26,27)(H,28,30)/b8-5+. The number of nitrogens with one attached hydrogen (secondary N) is 2. The minimum Gasteiger partial charge on any atom is -0.497 e. The molecule has 0 aliphatic heterocycles. The first kappa shape index (κ1) is 21.9. The van der Waals surface area contributed by atoms with E-state index in [9.17, 15) is 4.79 Å². The van der Waals surface area contributed by atoms with Crippen LogP contribution in [0.5, 0.6) is 5.75 Å². The molecule has 164 valence electrons. The number of aryl methyl sites for hydroxylation is 2. The second kappa shape index (κ2) is 9.46. The van der Waals surface area contributed by atoms with Crippen LogP contribution in [0.15, 0.2) is 40.9 Å². The van der Waals surface area contributed by atoms with Gasteiger partial charge in [0.1, 0.15) is 23.0 Å². The number of H-pyrrole nitrogens is 1. The quantitative estimate of drug-likeness (QED) is 0.349. The summed E-state index contributed by atoms with van der Waals surface area (Å²) in [6, 6.07) is 11.0. The van der Waals surface area contributed by atoms with Gasteiger partial charge in [0.25, 0.3) is 0 Å². The summed E-state index contributed by atoms with van der Waals surface area (Å²) in [4.78, 5) is 20.2. The van der Waals surface area contributed by atoms with Gasteiger partial charge in [0.15, 0.2) is 5.76 Å². The second-order valence-electron chi connectivity index (χ2n) is 7.13. The zero-order valence-corrected chi connectivity index (χ0v) is 18.9. The number of carbonyl (C=O) groups is 1. The van der Waals surface area contributed by atoms with Crippen LogP contribution in [-0.2, 0) is 11.2 Å². The summed E-state index contributed by atoms with van der Waals surface area (Å²) in [7, 11) is 1.62. The average molecular weight is 471 g/mol. The van der Waals surface area contributed by atoms with Gasteiger partial charge < -0.3 is 19.6 Å². The molecule has 0 unspecified atom stereocenters. The number of hydrogen-bond acceptors (Lipinski definition) is 5. The van der Waals surface area contributed by atoms with Crippen LogP contribution < -0.4 is 10.1 Å². The highest BCUT2D eigenvalue weighted by molar-refractivity contribution is 6.42. The lowest BCUT2D eigenvalue weighted by Crippen LogP contribution is -2.13. The SMILES string of the molecule is COc1ccc(/C=C/c2onc(C)c2NC(=O)CCc2nc3cc(Cl)c(Cl)cc3[nH]2)cc1. The molecule has 4 aromatic rings. The maximum absolute atomic E-state index is 12.6. The number of rotatable bonds is 7. The first-order valence-corrected chi connectivity index (χ1v) is 10.6. The van der Waals surface area contributed by atoms with Gasteiger partial charge in [0.2, 0.25) is 5.91 Å². The Kier molecular flexibility index (Phi) is 6.48. The number of carbonyl (C=O) groups excluding carboxylic acids is 1. The molecule has 0 aliphatic carbocycles. The van der Waals surface area contributed by atoms with E-state index < -0.39 is 0 Å². The molecule has 7 nitrogen and oxygen atoms in total. The number of hydrogen-bond donors (Lipinski definition) is 2. The molecule has 1 amide bonds. The first-order chi connectivity index (χ1) is 15.4. The van der Waals surface area contributed by atoms with Gasteiger partial charge in [0, 0.05) is 12.8 Å². The third-order valence-corrected chi connectivity index (χ3v) is 5.58. The lowest BCUT2D eigenvalue weighted by Gasteiger charge is -2.03. The van der Waals surface area contributed by atoms with Crippen LogP contribution >= 0.6 is 23.2 Å². The van der Waals surface area contributed by atoms with E-state index >= 15 is 0 Å². The van der Waals surface area contributed by atoms with Crippen molar-refractivity contribution >= 4 is 58.0 Å². The monoisotopic (exact) mass is 470 g/mol. The summed E-state index contributed by atoms with van der Waals surface area (Å²) in [5, 5.41) is 7.74. The van der Waals surface area contributed by atoms with E-state index in [1.807, 2.05) is 30.3 Å². The number of ether oxygens (including phenoxy) is 1. The second-order valence-corrected chi connectivity index (χ2v) is 7.94. The minimum absolute atomic E-state index is 0.174. The molecule has 32 heavy (non-hydrogen) atoms. The maximum Gasteiger partial charge on any atom is 0.224 e. The van der Waals surface area contributed by atoms with Crippen molar-refractivity contribution in [1.82, 2.24) is 15.1 Å². The Morgan fingerprint density at radius 2 is 1.94 bits per heavy atom. The molecule has 2 aromatic heterocycles. The summed E-state index contributed by atoms with van der Waals surface area (Å²) >= 11 is 12.1. The fourth-order valence-corrected chi connectivity index (χ4v) is 3.47. The average Bonchev–Trinajstić information content (AvgIpc) is 3.34. The van der Waals surface area contributed by atoms with E-state index in [-0.39, 0.29) is 12.3 Å². The number of methoxy groups -OCH3 is 1. The van der Waals surface area contributed by atoms with Crippen molar-refractivity contribution in [3.05, 3.63) is 69.3 Å². The number of nitrogens with zero attached hydrogens (tertiary/aromatic N) is 2. The maximum atomic E-state index is 12.6. The van der Waals surface area contributed by atoms with Crippen LogP contribution in [0, 0.1) is 6.92 Å². The van der Waals surface area contributed by atoms with E-state index in [4.69, 9.17) is 32.5 Å². The van der Waals surface area contributed by atoms with Crippen molar-refractivity contribution in [3.8, 4) is 5.75 Å². The van der Waals surface area contributed by atoms with Crippen molar-refractivity contribution in [2.75, 3.05) is 12.4 Å². The van der Waals surface area contributed by atoms with Crippen molar-refractivity contribution in [2.45, 2.75) is 19.8 Å². The molecule has 0 fully saturated rings. The first-order valence-electron chi connectivity index (χ1n) is 9.85. The zero-order chi connectivity index (χ0) is 22.7.